The SMILES string of the molecule is Cc1oc(C)c(C(=O)NCC(C)(c2ccccc2)c2ccccc2)c1C. The van der Waals surface area contributed by atoms with Crippen molar-refractivity contribution < 1.29 is 9.21 Å². The lowest BCUT2D eigenvalue weighted by molar-refractivity contribution is 0.0945. The van der Waals surface area contributed by atoms with Crippen LogP contribution in [0.15, 0.2) is 65.1 Å². The molecule has 0 saturated carbocycles. The van der Waals surface area contributed by atoms with Crippen LogP contribution in [0.2, 0.25) is 0 Å². The quantitative estimate of drug-likeness (QED) is 0.710. The van der Waals surface area contributed by atoms with Gasteiger partial charge in [-0.2, -0.15) is 0 Å². The highest BCUT2D eigenvalue weighted by molar-refractivity contribution is 5.96. The Morgan fingerprint density at radius 3 is 1.81 bits per heavy atom. The number of hydrogen-bond acceptors (Lipinski definition) is 2. The van der Waals surface area contributed by atoms with Crippen molar-refractivity contribution in [2.45, 2.75) is 33.1 Å². The van der Waals surface area contributed by atoms with E-state index < -0.39 is 0 Å². The smallest absolute Gasteiger partial charge is 0.255 e. The van der Waals surface area contributed by atoms with Crippen molar-refractivity contribution in [3.8, 4) is 0 Å². The highest BCUT2D eigenvalue weighted by Crippen LogP contribution is 2.31. The summed E-state index contributed by atoms with van der Waals surface area (Å²) >= 11 is 0. The van der Waals surface area contributed by atoms with Crippen molar-refractivity contribution in [2.24, 2.45) is 0 Å². The van der Waals surface area contributed by atoms with Crippen LogP contribution in [-0.4, -0.2) is 12.5 Å². The summed E-state index contributed by atoms with van der Waals surface area (Å²) in [6.07, 6.45) is 0. The minimum atomic E-state index is -0.321. The Bertz CT molecular complexity index is 855. The number of rotatable bonds is 5. The lowest BCUT2D eigenvalue weighted by atomic mass is 9.76. The molecule has 0 aliphatic heterocycles. The molecule has 0 bridgehead atoms. The zero-order chi connectivity index (χ0) is 18.7. The summed E-state index contributed by atoms with van der Waals surface area (Å²) in [4.78, 5) is 12.8. The molecule has 0 saturated heterocycles. The summed E-state index contributed by atoms with van der Waals surface area (Å²) in [7, 11) is 0. The maximum absolute atomic E-state index is 12.8. The molecule has 134 valence electrons. The van der Waals surface area contributed by atoms with Crippen LogP contribution in [0.4, 0.5) is 0 Å². The van der Waals surface area contributed by atoms with Gasteiger partial charge in [0.25, 0.3) is 5.91 Å². The summed E-state index contributed by atoms with van der Waals surface area (Å²) in [5.74, 6) is 1.37. The number of nitrogens with one attached hydrogen (secondary N) is 1. The first kappa shape index (κ1) is 18.0. The number of furan rings is 1. The number of carbonyl (C=O) groups is 1. The van der Waals surface area contributed by atoms with E-state index in [0.717, 1.165) is 11.3 Å². The maximum atomic E-state index is 12.8. The second kappa shape index (κ2) is 7.20. The predicted octanol–water partition coefficient (Wildman–Crippen LogP) is 4.94. The van der Waals surface area contributed by atoms with Gasteiger partial charge in [0.15, 0.2) is 0 Å². The molecule has 0 unspecified atom stereocenters. The van der Waals surface area contributed by atoms with Gasteiger partial charge in [-0.05, 0) is 38.8 Å². The average molecular weight is 347 g/mol. The fourth-order valence-electron chi connectivity index (χ4n) is 3.46. The largest absolute Gasteiger partial charge is 0.466 e. The van der Waals surface area contributed by atoms with E-state index in [2.05, 4.69) is 36.5 Å². The molecule has 3 heteroatoms. The Hall–Kier alpha value is -2.81. The van der Waals surface area contributed by atoms with Gasteiger partial charge >= 0.3 is 0 Å². The molecule has 0 spiro atoms. The highest BCUT2D eigenvalue weighted by atomic mass is 16.3. The van der Waals surface area contributed by atoms with Crippen LogP contribution in [-0.2, 0) is 5.41 Å². The Morgan fingerprint density at radius 2 is 1.38 bits per heavy atom. The first-order chi connectivity index (χ1) is 12.4. The first-order valence-electron chi connectivity index (χ1n) is 8.89. The van der Waals surface area contributed by atoms with Crippen molar-refractivity contribution in [2.75, 3.05) is 6.54 Å². The maximum Gasteiger partial charge on any atom is 0.255 e. The Kier molecular flexibility index (Phi) is 4.99. The van der Waals surface area contributed by atoms with E-state index in [1.165, 1.54) is 11.1 Å². The van der Waals surface area contributed by atoms with E-state index in [0.29, 0.717) is 17.9 Å². The second-order valence-electron chi connectivity index (χ2n) is 6.96. The summed E-state index contributed by atoms with van der Waals surface area (Å²) in [6.45, 7) is 8.31. The molecule has 0 aliphatic carbocycles. The van der Waals surface area contributed by atoms with Gasteiger partial charge in [0.05, 0.1) is 5.56 Å². The molecule has 3 rings (SSSR count). The van der Waals surface area contributed by atoms with Crippen molar-refractivity contribution in [3.05, 3.63) is 94.4 Å². The van der Waals surface area contributed by atoms with Crippen LogP contribution in [0, 0.1) is 20.8 Å². The number of carbonyl (C=O) groups excluding carboxylic acids is 1. The van der Waals surface area contributed by atoms with Gasteiger partial charge in [-0.25, -0.2) is 0 Å². The van der Waals surface area contributed by atoms with Crippen LogP contribution in [0.25, 0.3) is 0 Å². The summed E-state index contributed by atoms with van der Waals surface area (Å²) in [5, 5.41) is 3.13. The third-order valence-electron chi connectivity index (χ3n) is 5.21. The molecule has 1 heterocycles. The molecular formula is C23H25NO2. The molecule has 0 fully saturated rings. The molecular weight excluding hydrogens is 322 g/mol. The molecule has 3 aromatic rings. The molecule has 1 amide bonds. The van der Waals surface area contributed by atoms with Crippen LogP contribution < -0.4 is 5.32 Å². The van der Waals surface area contributed by atoms with Crippen LogP contribution >= 0.6 is 0 Å². The fourth-order valence-corrected chi connectivity index (χ4v) is 3.46. The normalized spacial score (nSPS) is 11.4. The van der Waals surface area contributed by atoms with Gasteiger partial charge in [0.2, 0.25) is 0 Å². The summed E-state index contributed by atoms with van der Waals surface area (Å²) in [5.41, 5.74) is 3.57. The molecule has 0 radical (unpaired) electrons. The van der Waals surface area contributed by atoms with Gasteiger partial charge in [0.1, 0.15) is 11.5 Å². The van der Waals surface area contributed by atoms with Crippen molar-refractivity contribution in [1.29, 1.82) is 0 Å². The highest BCUT2D eigenvalue weighted by Gasteiger charge is 2.30. The van der Waals surface area contributed by atoms with E-state index >= 15 is 0 Å². The van der Waals surface area contributed by atoms with Crippen LogP contribution in [0.5, 0.6) is 0 Å². The number of aryl methyl sites for hydroxylation is 2. The number of hydrogen-bond donors (Lipinski definition) is 1. The topological polar surface area (TPSA) is 42.2 Å². The number of amides is 1. The monoisotopic (exact) mass is 347 g/mol. The Morgan fingerprint density at radius 1 is 0.885 bits per heavy atom. The summed E-state index contributed by atoms with van der Waals surface area (Å²) < 4.78 is 5.61. The van der Waals surface area contributed by atoms with Crippen LogP contribution in [0.1, 0.15) is 45.5 Å². The van der Waals surface area contributed by atoms with E-state index in [4.69, 9.17) is 4.42 Å². The summed E-state index contributed by atoms with van der Waals surface area (Å²) in [6, 6.07) is 20.6. The van der Waals surface area contributed by atoms with Gasteiger partial charge in [-0.1, -0.05) is 60.7 Å². The van der Waals surface area contributed by atoms with Gasteiger partial charge < -0.3 is 9.73 Å². The first-order valence-corrected chi connectivity index (χ1v) is 8.89. The molecule has 3 nitrogen and oxygen atoms in total. The second-order valence-corrected chi connectivity index (χ2v) is 6.96. The lowest BCUT2D eigenvalue weighted by Gasteiger charge is -2.31. The van der Waals surface area contributed by atoms with E-state index in [-0.39, 0.29) is 11.3 Å². The zero-order valence-electron chi connectivity index (χ0n) is 15.8. The minimum Gasteiger partial charge on any atom is -0.466 e. The van der Waals surface area contributed by atoms with Gasteiger partial charge in [-0.3, -0.25) is 4.79 Å². The van der Waals surface area contributed by atoms with Crippen molar-refractivity contribution in [3.63, 3.8) is 0 Å². The van der Waals surface area contributed by atoms with Crippen molar-refractivity contribution in [1.82, 2.24) is 5.32 Å². The Labute approximate surface area is 155 Å². The molecule has 0 atom stereocenters. The molecule has 1 aromatic heterocycles. The Balaban J connectivity index is 1.91. The third kappa shape index (κ3) is 3.30. The average Bonchev–Trinajstić information content (AvgIpc) is 2.93. The third-order valence-corrected chi connectivity index (χ3v) is 5.21. The zero-order valence-corrected chi connectivity index (χ0v) is 15.8. The van der Waals surface area contributed by atoms with E-state index in [1.54, 1.807) is 0 Å². The van der Waals surface area contributed by atoms with Crippen LogP contribution in [0.3, 0.4) is 0 Å². The lowest BCUT2D eigenvalue weighted by Crippen LogP contribution is -2.39. The fraction of sp³-hybridized carbons (Fsp3) is 0.261. The molecule has 2 aromatic carbocycles. The minimum absolute atomic E-state index is 0.0880. The van der Waals surface area contributed by atoms with Crippen molar-refractivity contribution >= 4 is 5.91 Å². The van der Waals surface area contributed by atoms with E-state index in [9.17, 15) is 4.79 Å². The molecule has 0 aliphatic rings. The number of benzene rings is 2. The van der Waals surface area contributed by atoms with Gasteiger partial charge in [0, 0.05) is 17.5 Å². The predicted molar refractivity (Wildman–Crippen MR) is 105 cm³/mol. The van der Waals surface area contributed by atoms with E-state index in [1.807, 2.05) is 57.2 Å². The molecule has 1 N–H and O–H groups in total. The standard InChI is InChI=1S/C23H25NO2/c1-16-17(2)26-18(3)21(16)22(25)24-15-23(4,19-11-7-5-8-12-19)20-13-9-6-10-14-20/h5-14H,15H2,1-4H3,(H,24,25). The molecule has 26 heavy (non-hydrogen) atoms. The van der Waals surface area contributed by atoms with Gasteiger partial charge in [-0.15, -0.1) is 0 Å².